The molecule has 24 heavy (non-hydrogen) atoms. The van der Waals surface area contributed by atoms with Crippen LogP contribution < -0.4 is 0 Å². The van der Waals surface area contributed by atoms with Gasteiger partial charge in [-0.3, -0.25) is 9.79 Å². The number of aliphatic imine (C=N–C) groups is 1. The van der Waals surface area contributed by atoms with Crippen molar-refractivity contribution in [3.8, 4) is 0 Å². The van der Waals surface area contributed by atoms with Crippen molar-refractivity contribution in [2.24, 2.45) is 10.4 Å². The van der Waals surface area contributed by atoms with Gasteiger partial charge in [-0.05, 0) is 63.5 Å². The van der Waals surface area contributed by atoms with Gasteiger partial charge in [-0.25, -0.2) is 0 Å². The van der Waals surface area contributed by atoms with Gasteiger partial charge in [0.15, 0.2) is 0 Å². The molecule has 3 nitrogen and oxygen atoms in total. The van der Waals surface area contributed by atoms with Crippen LogP contribution in [-0.4, -0.2) is 24.3 Å². The van der Waals surface area contributed by atoms with Gasteiger partial charge in [-0.2, -0.15) is 0 Å². The number of hydrogen-bond acceptors (Lipinski definition) is 4. The Labute approximate surface area is 149 Å². The molecule has 0 bridgehead atoms. The van der Waals surface area contributed by atoms with Crippen molar-refractivity contribution in [1.82, 2.24) is 0 Å². The monoisotopic (exact) mass is 347 g/mol. The highest BCUT2D eigenvalue weighted by Crippen LogP contribution is 2.41. The predicted molar refractivity (Wildman–Crippen MR) is 100 cm³/mol. The molecule has 0 amide bonds. The Hall–Kier alpha value is -1.16. The summed E-state index contributed by atoms with van der Waals surface area (Å²) in [6, 6.07) is 2.75. The summed E-state index contributed by atoms with van der Waals surface area (Å²) in [4.78, 5) is 19.5. The van der Waals surface area contributed by atoms with E-state index >= 15 is 0 Å². The van der Waals surface area contributed by atoms with Gasteiger partial charge in [-0.1, -0.05) is 13.8 Å². The van der Waals surface area contributed by atoms with Crippen LogP contribution in [-0.2, 0) is 22.4 Å². The first kappa shape index (κ1) is 17.7. The number of thiophene rings is 1. The van der Waals surface area contributed by atoms with E-state index in [1.807, 2.05) is 18.3 Å². The maximum absolute atomic E-state index is 11.5. The number of fused-ring (bicyclic) bond motifs is 1. The standard InChI is InChI=1S/C20H29NO2S/c1-4-23-18(22)11-7-9-15-13-20(2,3)19(21-15)17-12-14-8-5-6-10-16(14)24-17/h12,15H,4-11,13H2,1-3H3/t15-/m1/s1. The van der Waals surface area contributed by atoms with Crippen molar-refractivity contribution in [1.29, 1.82) is 0 Å². The van der Waals surface area contributed by atoms with Crippen LogP contribution in [0.1, 0.15) is 74.6 Å². The third-order valence-electron chi connectivity index (χ3n) is 5.15. The van der Waals surface area contributed by atoms with Crippen molar-refractivity contribution < 1.29 is 9.53 Å². The molecule has 2 heterocycles. The quantitative estimate of drug-likeness (QED) is 0.683. The van der Waals surface area contributed by atoms with E-state index in [0.29, 0.717) is 19.1 Å². The predicted octanol–water partition coefficient (Wildman–Crippen LogP) is 4.95. The summed E-state index contributed by atoms with van der Waals surface area (Å²) >= 11 is 1.97. The minimum Gasteiger partial charge on any atom is -0.466 e. The van der Waals surface area contributed by atoms with Crippen molar-refractivity contribution in [3.05, 3.63) is 21.4 Å². The second-order valence-electron chi connectivity index (χ2n) is 7.68. The Morgan fingerprint density at radius 2 is 2.17 bits per heavy atom. The number of carbonyl (C=O) groups is 1. The zero-order valence-corrected chi connectivity index (χ0v) is 16.0. The summed E-state index contributed by atoms with van der Waals surface area (Å²) < 4.78 is 5.01. The number of ether oxygens (including phenoxy) is 1. The lowest BCUT2D eigenvalue weighted by molar-refractivity contribution is -0.143. The van der Waals surface area contributed by atoms with Gasteiger partial charge in [0.1, 0.15) is 0 Å². The molecule has 3 rings (SSSR count). The van der Waals surface area contributed by atoms with E-state index in [1.165, 1.54) is 36.3 Å². The number of nitrogens with zero attached hydrogens (tertiary/aromatic N) is 1. The van der Waals surface area contributed by atoms with Crippen LogP contribution in [0.25, 0.3) is 0 Å². The molecule has 1 aromatic rings. The number of esters is 1. The van der Waals surface area contributed by atoms with Gasteiger partial charge in [0.05, 0.1) is 18.4 Å². The van der Waals surface area contributed by atoms with Gasteiger partial charge in [0, 0.05) is 21.6 Å². The smallest absolute Gasteiger partial charge is 0.305 e. The lowest BCUT2D eigenvalue weighted by Gasteiger charge is -2.20. The first-order valence-corrected chi connectivity index (χ1v) is 10.2. The van der Waals surface area contributed by atoms with Crippen molar-refractivity contribution in [2.75, 3.05) is 6.61 Å². The van der Waals surface area contributed by atoms with Crippen LogP contribution in [0.5, 0.6) is 0 Å². The minimum absolute atomic E-state index is 0.0788. The maximum atomic E-state index is 11.5. The van der Waals surface area contributed by atoms with Crippen molar-refractivity contribution >= 4 is 23.0 Å². The molecule has 0 fully saturated rings. The van der Waals surface area contributed by atoms with Crippen molar-refractivity contribution in [3.63, 3.8) is 0 Å². The molecule has 0 aromatic carbocycles. The van der Waals surface area contributed by atoms with Gasteiger partial charge in [-0.15, -0.1) is 11.3 Å². The first-order chi connectivity index (χ1) is 11.5. The van der Waals surface area contributed by atoms with Crippen LogP contribution in [0.4, 0.5) is 0 Å². The Kier molecular flexibility index (Phi) is 5.43. The molecule has 0 unspecified atom stereocenters. The third-order valence-corrected chi connectivity index (χ3v) is 6.40. The highest BCUT2D eigenvalue weighted by molar-refractivity contribution is 7.14. The molecule has 0 N–H and O–H groups in total. The molecular weight excluding hydrogens is 318 g/mol. The second-order valence-corrected chi connectivity index (χ2v) is 8.82. The zero-order chi connectivity index (χ0) is 17.2. The second kappa shape index (κ2) is 7.38. The van der Waals surface area contributed by atoms with E-state index in [0.717, 1.165) is 19.3 Å². The van der Waals surface area contributed by atoms with Crippen LogP contribution in [0.15, 0.2) is 11.1 Å². The Morgan fingerprint density at radius 1 is 1.38 bits per heavy atom. The lowest BCUT2D eigenvalue weighted by Crippen LogP contribution is -2.20. The van der Waals surface area contributed by atoms with E-state index in [-0.39, 0.29) is 11.4 Å². The molecule has 0 saturated carbocycles. The highest BCUT2D eigenvalue weighted by atomic mass is 32.1. The third kappa shape index (κ3) is 3.90. The summed E-state index contributed by atoms with van der Waals surface area (Å²) in [5.41, 5.74) is 3.00. The van der Waals surface area contributed by atoms with Gasteiger partial charge in [0.25, 0.3) is 0 Å². The average Bonchev–Trinajstić information content (AvgIpc) is 3.07. The van der Waals surface area contributed by atoms with Crippen LogP contribution >= 0.6 is 11.3 Å². The average molecular weight is 348 g/mol. The summed E-state index contributed by atoms with van der Waals surface area (Å²) in [7, 11) is 0. The summed E-state index contributed by atoms with van der Waals surface area (Å²) in [5.74, 6) is -0.0788. The van der Waals surface area contributed by atoms with E-state index in [1.54, 1.807) is 10.4 Å². The van der Waals surface area contributed by atoms with E-state index in [4.69, 9.17) is 9.73 Å². The molecule has 1 aromatic heterocycles. The van der Waals surface area contributed by atoms with Gasteiger partial charge >= 0.3 is 5.97 Å². The highest BCUT2D eigenvalue weighted by Gasteiger charge is 2.36. The molecule has 0 saturated heterocycles. The topological polar surface area (TPSA) is 38.7 Å². The Bertz CT molecular complexity index is 606. The molecule has 2 aliphatic rings. The van der Waals surface area contributed by atoms with Crippen LogP contribution in [0, 0.1) is 5.41 Å². The number of rotatable bonds is 6. The van der Waals surface area contributed by atoms with E-state index < -0.39 is 0 Å². The fourth-order valence-electron chi connectivity index (χ4n) is 3.97. The normalized spacial score (nSPS) is 22.1. The SMILES string of the molecule is CCOC(=O)CCC[C@@H]1CC(C)(C)C(c2cc3c(s2)CCCC3)=N1. The number of aryl methyl sites for hydroxylation is 2. The number of hydrogen-bond donors (Lipinski definition) is 0. The Balaban J connectivity index is 1.65. The molecule has 1 aliphatic carbocycles. The van der Waals surface area contributed by atoms with Crippen molar-refractivity contribution in [2.45, 2.75) is 78.2 Å². The molecule has 4 heteroatoms. The first-order valence-electron chi connectivity index (χ1n) is 9.35. The molecule has 1 aliphatic heterocycles. The summed E-state index contributed by atoms with van der Waals surface area (Å²) in [5, 5.41) is 0. The molecule has 0 spiro atoms. The van der Waals surface area contributed by atoms with Gasteiger partial charge < -0.3 is 4.74 Å². The summed E-state index contributed by atoms with van der Waals surface area (Å²) in [6.45, 7) is 6.96. The fourth-order valence-corrected chi connectivity index (χ4v) is 5.41. The lowest BCUT2D eigenvalue weighted by atomic mass is 9.83. The van der Waals surface area contributed by atoms with Crippen LogP contribution in [0.2, 0.25) is 0 Å². The van der Waals surface area contributed by atoms with Crippen LogP contribution in [0.3, 0.4) is 0 Å². The Morgan fingerprint density at radius 3 is 2.92 bits per heavy atom. The van der Waals surface area contributed by atoms with Gasteiger partial charge in [0.2, 0.25) is 0 Å². The van der Waals surface area contributed by atoms with E-state index in [2.05, 4.69) is 19.9 Å². The number of carbonyl (C=O) groups excluding carboxylic acids is 1. The molecule has 0 radical (unpaired) electrons. The fraction of sp³-hybridized carbons (Fsp3) is 0.700. The zero-order valence-electron chi connectivity index (χ0n) is 15.2. The largest absolute Gasteiger partial charge is 0.466 e. The molecule has 1 atom stereocenters. The molecular formula is C20H29NO2S. The maximum Gasteiger partial charge on any atom is 0.305 e. The minimum atomic E-state index is -0.0788. The molecule has 132 valence electrons. The summed E-state index contributed by atoms with van der Waals surface area (Å²) in [6.07, 6.45) is 8.61. The van der Waals surface area contributed by atoms with E-state index in [9.17, 15) is 4.79 Å².